The quantitative estimate of drug-likeness (QED) is 0.697. The molecule has 0 bridgehead atoms. The van der Waals surface area contributed by atoms with Crippen LogP contribution in [-0.2, 0) is 17.8 Å². The minimum Gasteiger partial charge on any atom is -0.383 e. The Balaban J connectivity index is 2.51. The van der Waals surface area contributed by atoms with E-state index in [0.29, 0.717) is 0 Å². The molecule has 0 unspecified atom stereocenters. The summed E-state index contributed by atoms with van der Waals surface area (Å²) in [6, 6.07) is 0. The summed E-state index contributed by atoms with van der Waals surface area (Å²) in [5.74, 6) is 1.19. The lowest BCUT2D eigenvalue weighted by Gasteiger charge is -2.06. The summed E-state index contributed by atoms with van der Waals surface area (Å²) in [5.41, 5.74) is 3.76. The van der Waals surface area contributed by atoms with Crippen molar-refractivity contribution >= 4 is 11.8 Å². The van der Waals surface area contributed by atoms with Gasteiger partial charge in [-0.05, 0) is 32.3 Å². The van der Waals surface area contributed by atoms with Crippen LogP contribution >= 0.6 is 11.8 Å². The van der Waals surface area contributed by atoms with Gasteiger partial charge in [0.1, 0.15) is 0 Å². The van der Waals surface area contributed by atoms with Gasteiger partial charge in [-0.2, -0.15) is 16.9 Å². The van der Waals surface area contributed by atoms with Crippen LogP contribution in [0.2, 0.25) is 0 Å². The number of thioether (sulfide) groups is 1. The van der Waals surface area contributed by atoms with E-state index in [-0.39, 0.29) is 0 Å². The SMILES string of the molecule is COCCNCc1c(C)nn(CCCSC)c1C. The van der Waals surface area contributed by atoms with E-state index in [1.807, 2.05) is 11.8 Å². The molecule has 1 N–H and O–H groups in total. The third-order valence-electron chi connectivity index (χ3n) is 3.03. The van der Waals surface area contributed by atoms with Crippen LogP contribution in [0.1, 0.15) is 23.4 Å². The molecular formula is C13H25N3OS. The molecule has 1 rings (SSSR count). The second kappa shape index (κ2) is 8.56. The van der Waals surface area contributed by atoms with Crippen molar-refractivity contribution in [2.24, 2.45) is 0 Å². The maximum absolute atomic E-state index is 5.03. The summed E-state index contributed by atoms with van der Waals surface area (Å²) in [6.07, 6.45) is 3.33. The van der Waals surface area contributed by atoms with Crippen LogP contribution in [-0.4, -0.2) is 42.1 Å². The van der Waals surface area contributed by atoms with Crippen molar-refractivity contribution in [2.45, 2.75) is 33.4 Å². The fourth-order valence-electron chi connectivity index (χ4n) is 1.95. The molecule has 0 fully saturated rings. The lowest BCUT2D eigenvalue weighted by atomic mass is 10.2. The van der Waals surface area contributed by atoms with Gasteiger partial charge in [0.2, 0.25) is 0 Å². The van der Waals surface area contributed by atoms with Crippen LogP contribution in [0.4, 0.5) is 0 Å². The van der Waals surface area contributed by atoms with Crippen molar-refractivity contribution < 1.29 is 4.74 Å². The normalized spacial score (nSPS) is 11.1. The summed E-state index contributed by atoms with van der Waals surface area (Å²) in [7, 11) is 1.72. The maximum Gasteiger partial charge on any atom is 0.0641 e. The summed E-state index contributed by atoms with van der Waals surface area (Å²) < 4.78 is 7.16. The first-order valence-electron chi connectivity index (χ1n) is 6.42. The van der Waals surface area contributed by atoms with Gasteiger partial charge in [-0.1, -0.05) is 0 Å². The molecule has 0 saturated carbocycles. The van der Waals surface area contributed by atoms with Gasteiger partial charge < -0.3 is 10.1 Å². The van der Waals surface area contributed by atoms with E-state index < -0.39 is 0 Å². The molecule has 5 heteroatoms. The molecule has 0 amide bonds. The molecule has 1 heterocycles. The molecule has 4 nitrogen and oxygen atoms in total. The van der Waals surface area contributed by atoms with Gasteiger partial charge in [0.25, 0.3) is 0 Å². The van der Waals surface area contributed by atoms with E-state index in [9.17, 15) is 0 Å². The predicted octanol–water partition coefficient (Wildman–Crippen LogP) is 1.99. The summed E-state index contributed by atoms with van der Waals surface area (Å²) in [5, 5.41) is 8.00. The van der Waals surface area contributed by atoms with E-state index in [0.717, 1.165) is 31.9 Å². The van der Waals surface area contributed by atoms with E-state index in [4.69, 9.17) is 4.74 Å². The second-order valence-corrected chi connectivity index (χ2v) is 5.37. The van der Waals surface area contributed by atoms with Crippen LogP contribution < -0.4 is 5.32 Å². The van der Waals surface area contributed by atoms with Gasteiger partial charge in [0.15, 0.2) is 0 Å². The zero-order chi connectivity index (χ0) is 13.4. The molecule has 104 valence electrons. The summed E-state index contributed by atoms with van der Waals surface area (Å²) in [4.78, 5) is 0. The topological polar surface area (TPSA) is 39.1 Å². The zero-order valence-electron chi connectivity index (χ0n) is 12.0. The molecule has 0 aliphatic carbocycles. The Morgan fingerprint density at radius 1 is 1.39 bits per heavy atom. The third kappa shape index (κ3) is 4.63. The number of methoxy groups -OCH3 is 1. The van der Waals surface area contributed by atoms with Crippen LogP contribution in [0.5, 0.6) is 0 Å². The highest BCUT2D eigenvalue weighted by atomic mass is 32.2. The Morgan fingerprint density at radius 3 is 2.83 bits per heavy atom. The minimum absolute atomic E-state index is 0.750. The molecule has 0 aromatic carbocycles. The smallest absolute Gasteiger partial charge is 0.0641 e. The molecule has 1 aromatic rings. The van der Waals surface area contributed by atoms with Crippen molar-refractivity contribution in [3.05, 3.63) is 17.0 Å². The maximum atomic E-state index is 5.03. The highest BCUT2D eigenvalue weighted by molar-refractivity contribution is 7.98. The third-order valence-corrected chi connectivity index (χ3v) is 3.73. The molecule has 1 aromatic heterocycles. The number of aryl methyl sites for hydroxylation is 2. The Hall–Kier alpha value is -0.520. The number of nitrogens with one attached hydrogen (secondary N) is 1. The fraction of sp³-hybridized carbons (Fsp3) is 0.769. The van der Waals surface area contributed by atoms with Gasteiger partial charge in [0, 0.05) is 38.0 Å². The van der Waals surface area contributed by atoms with Gasteiger partial charge in [-0.3, -0.25) is 4.68 Å². The average Bonchev–Trinajstić information content (AvgIpc) is 2.62. The lowest BCUT2D eigenvalue weighted by Crippen LogP contribution is -2.19. The van der Waals surface area contributed by atoms with Crippen LogP contribution in [0.3, 0.4) is 0 Å². The Morgan fingerprint density at radius 2 is 2.17 bits per heavy atom. The Bertz CT molecular complexity index is 352. The Kier molecular flexibility index (Phi) is 7.39. The van der Waals surface area contributed by atoms with Crippen LogP contribution in [0, 0.1) is 13.8 Å². The highest BCUT2D eigenvalue weighted by Crippen LogP contribution is 2.13. The van der Waals surface area contributed by atoms with Gasteiger partial charge in [0.05, 0.1) is 12.3 Å². The molecule has 0 spiro atoms. The van der Waals surface area contributed by atoms with Crippen molar-refractivity contribution in [1.29, 1.82) is 0 Å². The van der Waals surface area contributed by atoms with Crippen LogP contribution in [0.25, 0.3) is 0 Å². The molecule has 0 aliphatic rings. The second-order valence-electron chi connectivity index (χ2n) is 4.39. The standard InChI is InChI=1S/C13H25N3OS/c1-11-13(10-14-6-8-17-3)12(2)16(15-11)7-5-9-18-4/h14H,5-10H2,1-4H3. The number of rotatable bonds is 9. The van der Waals surface area contributed by atoms with E-state index in [2.05, 4.69) is 35.2 Å². The van der Waals surface area contributed by atoms with Crippen molar-refractivity contribution in [3.63, 3.8) is 0 Å². The molecule has 0 radical (unpaired) electrons. The number of nitrogens with zero attached hydrogens (tertiary/aromatic N) is 2. The number of hydrogen-bond donors (Lipinski definition) is 1. The number of hydrogen-bond acceptors (Lipinski definition) is 4. The van der Waals surface area contributed by atoms with Crippen molar-refractivity contribution in [1.82, 2.24) is 15.1 Å². The van der Waals surface area contributed by atoms with Gasteiger partial charge >= 0.3 is 0 Å². The fourth-order valence-corrected chi connectivity index (χ4v) is 2.37. The highest BCUT2D eigenvalue weighted by Gasteiger charge is 2.10. The van der Waals surface area contributed by atoms with Crippen LogP contribution in [0.15, 0.2) is 0 Å². The number of aromatic nitrogens is 2. The van der Waals surface area contributed by atoms with E-state index in [1.165, 1.54) is 23.4 Å². The predicted molar refractivity (Wildman–Crippen MR) is 78.3 cm³/mol. The first kappa shape index (κ1) is 15.5. The van der Waals surface area contributed by atoms with Crippen molar-refractivity contribution in [3.8, 4) is 0 Å². The van der Waals surface area contributed by atoms with E-state index >= 15 is 0 Å². The largest absolute Gasteiger partial charge is 0.383 e. The minimum atomic E-state index is 0.750. The first-order valence-corrected chi connectivity index (χ1v) is 7.81. The van der Waals surface area contributed by atoms with Gasteiger partial charge in [-0.25, -0.2) is 0 Å². The van der Waals surface area contributed by atoms with Gasteiger partial charge in [-0.15, -0.1) is 0 Å². The molecule has 0 saturated heterocycles. The Labute approximate surface area is 114 Å². The van der Waals surface area contributed by atoms with Crippen molar-refractivity contribution in [2.75, 3.05) is 32.3 Å². The summed E-state index contributed by atoms with van der Waals surface area (Å²) in [6.45, 7) is 7.78. The lowest BCUT2D eigenvalue weighted by molar-refractivity contribution is 0.199. The average molecular weight is 271 g/mol. The summed E-state index contributed by atoms with van der Waals surface area (Å²) >= 11 is 1.89. The molecular weight excluding hydrogens is 246 g/mol. The zero-order valence-corrected chi connectivity index (χ0v) is 12.8. The monoisotopic (exact) mass is 271 g/mol. The molecule has 18 heavy (non-hydrogen) atoms. The number of ether oxygens (including phenoxy) is 1. The van der Waals surface area contributed by atoms with E-state index in [1.54, 1.807) is 7.11 Å². The first-order chi connectivity index (χ1) is 8.70. The molecule has 0 atom stereocenters. The molecule has 0 aliphatic heterocycles.